The predicted octanol–water partition coefficient (Wildman–Crippen LogP) is 8.00. The molecule has 0 fully saturated rings. The average Bonchev–Trinajstić information content (AvgIpc) is 3.12. The summed E-state index contributed by atoms with van der Waals surface area (Å²) in [5.74, 6) is 2.46. The predicted molar refractivity (Wildman–Crippen MR) is 184 cm³/mol. The number of hydrogen-bond acceptors (Lipinski definition) is 3. The van der Waals surface area contributed by atoms with Crippen molar-refractivity contribution in [2.75, 3.05) is 21.3 Å². The van der Waals surface area contributed by atoms with Crippen LogP contribution in [-0.2, 0) is 5.16 Å². The minimum absolute atomic E-state index is 0.630. The second-order valence-corrected chi connectivity index (χ2v) is 14.1. The van der Waals surface area contributed by atoms with Crippen LogP contribution in [0.1, 0.15) is 16.7 Å². The fraction of sp³-hybridized carbons (Fsp3) is 0.100. The van der Waals surface area contributed by atoms with E-state index >= 15 is 0 Å². The molecule has 0 atom stereocenters. The van der Waals surface area contributed by atoms with E-state index in [9.17, 15) is 0 Å². The molecule has 6 rings (SSSR count). The van der Waals surface area contributed by atoms with Gasteiger partial charge < -0.3 is 14.2 Å². The molecule has 0 amide bonds. The Balaban J connectivity index is 1.90. The van der Waals surface area contributed by atoms with Crippen molar-refractivity contribution in [2.24, 2.45) is 0 Å². The van der Waals surface area contributed by atoms with Gasteiger partial charge in [0.2, 0.25) is 0 Å². The van der Waals surface area contributed by atoms with E-state index in [1.54, 1.807) is 21.3 Å². The van der Waals surface area contributed by atoms with Gasteiger partial charge in [0.15, 0.2) is 5.16 Å². The van der Waals surface area contributed by atoms with Crippen molar-refractivity contribution in [1.29, 1.82) is 0 Å². The molecule has 0 aliphatic rings. The minimum atomic E-state index is -2.72. The maximum Gasteiger partial charge on any atom is 0.168 e. The molecule has 0 aliphatic carbocycles. The van der Waals surface area contributed by atoms with Gasteiger partial charge in [-0.15, -0.1) is 0 Å². The van der Waals surface area contributed by atoms with Crippen LogP contribution < -0.4 is 30.1 Å². The molecule has 0 unspecified atom stereocenters. The number of hydrogen-bond donors (Lipinski definition) is 0. The third kappa shape index (κ3) is 4.84. The summed E-state index contributed by atoms with van der Waals surface area (Å²) in [6, 6.07) is 59.0. The Morgan fingerprint density at radius 2 is 0.591 bits per heavy atom. The third-order valence-electron chi connectivity index (χ3n) is 8.46. The summed E-state index contributed by atoms with van der Waals surface area (Å²) in [5, 5.41) is 3.05. The smallest absolute Gasteiger partial charge is 0.168 e. The molecular weight excluding hydrogens is 559 g/mol. The molecule has 0 spiro atoms. The normalized spacial score (nSPS) is 11.5. The lowest BCUT2D eigenvalue weighted by Crippen LogP contribution is -2.47. The molecule has 0 bridgehead atoms. The molecule has 0 heterocycles. The van der Waals surface area contributed by atoms with Crippen LogP contribution in [0.15, 0.2) is 164 Å². The van der Waals surface area contributed by atoms with Crippen molar-refractivity contribution in [1.82, 2.24) is 0 Å². The van der Waals surface area contributed by atoms with Crippen LogP contribution in [0.3, 0.4) is 0 Å². The highest BCUT2D eigenvalue weighted by molar-refractivity contribution is 7.97. The van der Waals surface area contributed by atoms with Gasteiger partial charge >= 0.3 is 0 Å². The van der Waals surface area contributed by atoms with Crippen LogP contribution in [0.25, 0.3) is 0 Å². The molecule has 0 aromatic heterocycles. The van der Waals surface area contributed by atoms with Crippen LogP contribution >= 0.6 is 7.26 Å². The van der Waals surface area contributed by atoms with Gasteiger partial charge in [-0.3, -0.25) is 0 Å². The molecule has 0 aliphatic heterocycles. The van der Waals surface area contributed by atoms with Gasteiger partial charge in [0.05, 0.1) is 21.3 Å². The molecule has 0 saturated carbocycles. The molecule has 0 radical (unpaired) electrons. The second kappa shape index (κ2) is 12.8. The zero-order valence-corrected chi connectivity index (χ0v) is 26.2. The maximum absolute atomic E-state index is 5.67. The van der Waals surface area contributed by atoms with E-state index in [4.69, 9.17) is 14.2 Å². The van der Waals surface area contributed by atoms with E-state index < -0.39 is 12.4 Å². The van der Waals surface area contributed by atoms with E-state index in [0.717, 1.165) is 17.2 Å². The first-order chi connectivity index (χ1) is 21.7. The third-order valence-corrected chi connectivity index (χ3v) is 13.5. The van der Waals surface area contributed by atoms with Gasteiger partial charge in [-0.1, -0.05) is 91.0 Å². The number of ether oxygens (including phenoxy) is 3. The van der Waals surface area contributed by atoms with E-state index in [1.165, 1.54) is 32.6 Å². The monoisotopic (exact) mass is 595 g/mol. The van der Waals surface area contributed by atoms with E-state index in [0.29, 0.717) is 0 Å². The number of rotatable bonds is 10. The SMILES string of the molecule is COc1ccc([P+](c2ccc(OC)cc2)(c2ccc(OC)cc2)C(c2ccccc2)(c2ccccc2)c2ccccc2)cc1. The highest BCUT2D eigenvalue weighted by atomic mass is 31.2. The van der Waals surface area contributed by atoms with Gasteiger partial charge in [-0.25, -0.2) is 0 Å². The van der Waals surface area contributed by atoms with Crippen molar-refractivity contribution in [3.05, 3.63) is 180 Å². The van der Waals surface area contributed by atoms with Crippen LogP contribution in [-0.4, -0.2) is 21.3 Å². The lowest BCUT2D eigenvalue weighted by atomic mass is 9.84. The molecule has 0 N–H and O–H groups in total. The summed E-state index contributed by atoms with van der Waals surface area (Å²) < 4.78 is 17.0. The number of methoxy groups -OCH3 is 3. The molecule has 3 nitrogen and oxygen atoms in total. The Hall–Kier alpha value is -4.85. The number of benzene rings is 6. The van der Waals surface area contributed by atoms with Gasteiger partial charge in [-0.2, -0.15) is 0 Å². The van der Waals surface area contributed by atoms with Crippen LogP contribution in [0.5, 0.6) is 17.2 Å². The highest BCUT2D eigenvalue weighted by Crippen LogP contribution is 2.75. The fourth-order valence-electron chi connectivity index (χ4n) is 6.56. The molecule has 4 heteroatoms. The summed E-state index contributed by atoms with van der Waals surface area (Å²) in [6.45, 7) is 0. The van der Waals surface area contributed by atoms with Crippen molar-refractivity contribution in [3.8, 4) is 17.2 Å². The molecular formula is C40H36O3P+. The van der Waals surface area contributed by atoms with E-state index in [-0.39, 0.29) is 0 Å². The van der Waals surface area contributed by atoms with E-state index in [2.05, 4.69) is 164 Å². The molecule has 44 heavy (non-hydrogen) atoms. The van der Waals surface area contributed by atoms with Crippen LogP contribution in [0.2, 0.25) is 0 Å². The van der Waals surface area contributed by atoms with E-state index in [1.807, 2.05) is 0 Å². The Kier molecular flexibility index (Phi) is 8.50. The molecule has 6 aromatic carbocycles. The summed E-state index contributed by atoms with van der Waals surface area (Å²) in [7, 11) is 2.43. The van der Waals surface area contributed by atoms with Crippen LogP contribution in [0, 0.1) is 0 Å². The van der Waals surface area contributed by atoms with Crippen molar-refractivity contribution >= 4 is 23.2 Å². The first kappa shape index (κ1) is 29.2. The summed E-state index contributed by atoms with van der Waals surface area (Å²) >= 11 is 0. The van der Waals surface area contributed by atoms with Crippen molar-refractivity contribution < 1.29 is 14.2 Å². The minimum Gasteiger partial charge on any atom is -0.497 e. The standard InChI is InChI=1S/C40H36O3P/c1-41-34-19-25-37(26-20-34)44(38-27-21-35(42-2)22-28-38,39-29-23-36(43-3)24-30-39)40(31-13-7-4-8-14-31,32-15-9-5-10-16-32)33-17-11-6-12-18-33/h4-30H,1-3H3/q+1. The summed E-state index contributed by atoms with van der Waals surface area (Å²) in [6.07, 6.45) is 0. The quantitative estimate of drug-likeness (QED) is 0.119. The van der Waals surface area contributed by atoms with Gasteiger partial charge in [0.1, 0.15) is 40.4 Å². The average molecular weight is 596 g/mol. The zero-order valence-electron chi connectivity index (χ0n) is 25.3. The largest absolute Gasteiger partial charge is 0.497 e. The molecule has 218 valence electrons. The van der Waals surface area contributed by atoms with Crippen molar-refractivity contribution in [3.63, 3.8) is 0 Å². The Morgan fingerprint density at radius 1 is 0.341 bits per heavy atom. The lowest BCUT2D eigenvalue weighted by Gasteiger charge is -2.46. The van der Waals surface area contributed by atoms with Gasteiger partial charge in [0, 0.05) is 16.7 Å². The topological polar surface area (TPSA) is 27.7 Å². The zero-order chi connectivity index (χ0) is 30.4. The maximum atomic E-state index is 5.67. The summed E-state index contributed by atoms with van der Waals surface area (Å²) in [4.78, 5) is 0. The molecule has 6 aromatic rings. The molecule has 0 saturated heterocycles. The van der Waals surface area contributed by atoms with Gasteiger partial charge in [0.25, 0.3) is 0 Å². The van der Waals surface area contributed by atoms with Crippen LogP contribution in [0.4, 0.5) is 0 Å². The van der Waals surface area contributed by atoms with Crippen molar-refractivity contribution in [2.45, 2.75) is 5.16 Å². The Bertz CT molecular complexity index is 1560. The lowest BCUT2D eigenvalue weighted by molar-refractivity contribution is 0.415. The Morgan fingerprint density at radius 3 is 0.818 bits per heavy atom. The second-order valence-electron chi connectivity index (χ2n) is 10.6. The first-order valence-corrected chi connectivity index (χ1v) is 16.5. The summed E-state index contributed by atoms with van der Waals surface area (Å²) in [5.41, 5.74) is 3.65. The van der Waals surface area contributed by atoms with Gasteiger partial charge in [-0.05, 0) is 72.8 Å². The highest BCUT2D eigenvalue weighted by Gasteiger charge is 2.65. The first-order valence-electron chi connectivity index (χ1n) is 14.7. The fourth-order valence-corrected chi connectivity index (χ4v) is 12.0. The Labute approximate surface area is 261 Å².